The van der Waals surface area contributed by atoms with Gasteiger partial charge in [-0.25, -0.2) is 5.43 Å². The standard InChI is InChI=1S/C20H22ClN3O2S/c1-12-18-19(27-11-17(25)22-20(18)24-23-12)15-7-2-3-8-16(15)26-10-13-5-4-6-14(21)9-13/h2-9,12,18-20,23-24H,10-11H2,1H3,(H,22,25). The smallest absolute Gasteiger partial charge is 0.231 e. The summed E-state index contributed by atoms with van der Waals surface area (Å²) in [5, 5.41) is 3.91. The van der Waals surface area contributed by atoms with Gasteiger partial charge in [-0.15, -0.1) is 11.8 Å². The van der Waals surface area contributed by atoms with Gasteiger partial charge in [-0.1, -0.05) is 41.9 Å². The van der Waals surface area contributed by atoms with Crippen molar-refractivity contribution in [2.75, 3.05) is 5.75 Å². The number of benzene rings is 2. The molecule has 4 atom stereocenters. The number of halogens is 1. The maximum Gasteiger partial charge on any atom is 0.231 e. The molecule has 2 heterocycles. The second kappa shape index (κ2) is 8.10. The van der Waals surface area contributed by atoms with Crippen molar-refractivity contribution in [2.45, 2.75) is 31.0 Å². The highest BCUT2D eigenvalue weighted by Gasteiger charge is 2.43. The van der Waals surface area contributed by atoms with E-state index in [1.54, 1.807) is 11.8 Å². The van der Waals surface area contributed by atoms with Crippen LogP contribution in [0, 0.1) is 5.92 Å². The molecule has 4 unspecified atom stereocenters. The lowest BCUT2D eigenvalue weighted by molar-refractivity contribution is -0.119. The number of rotatable bonds is 4. The Labute approximate surface area is 168 Å². The van der Waals surface area contributed by atoms with Crippen LogP contribution in [0.5, 0.6) is 5.75 Å². The highest BCUT2D eigenvalue weighted by Crippen LogP contribution is 2.45. The molecule has 0 aromatic heterocycles. The third-order valence-electron chi connectivity index (χ3n) is 5.00. The van der Waals surface area contributed by atoms with Gasteiger partial charge in [0.1, 0.15) is 12.4 Å². The molecule has 2 aromatic carbocycles. The van der Waals surface area contributed by atoms with Crippen LogP contribution >= 0.6 is 23.4 Å². The molecule has 2 aliphatic heterocycles. The predicted molar refractivity (Wildman–Crippen MR) is 109 cm³/mol. The molecular formula is C20H22ClN3O2S. The molecule has 2 fully saturated rings. The van der Waals surface area contributed by atoms with Crippen LogP contribution in [-0.4, -0.2) is 23.9 Å². The van der Waals surface area contributed by atoms with E-state index in [0.29, 0.717) is 17.4 Å². The number of amides is 1. The van der Waals surface area contributed by atoms with Crippen molar-refractivity contribution >= 4 is 29.3 Å². The summed E-state index contributed by atoms with van der Waals surface area (Å²) in [4.78, 5) is 12.1. The van der Waals surface area contributed by atoms with Crippen molar-refractivity contribution in [1.82, 2.24) is 16.2 Å². The minimum absolute atomic E-state index is 0.0539. The van der Waals surface area contributed by atoms with Gasteiger partial charge in [0.25, 0.3) is 0 Å². The zero-order chi connectivity index (χ0) is 18.8. The van der Waals surface area contributed by atoms with E-state index >= 15 is 0 Å². The monoisotopic (exact) mass is 403 g/mol. The fraction of sp³-hybridized carbons (Fsp3) is 0.350. The van der Waals surface area contributed by atoms with Gasteiger partial charge in [-0.3, -0.25) is 10.2 Å². The van der Waals surface area contributed by atoms with Crippen molar-refractivity contribution in [3.63, 3.8) is 0 Å². The molecule has 2 aliphatic rings. The first kappa shape index (κ1) is 18.6. The number of para-hydroxylation sites is 1. The van der Waals surface area contributed by atoms with Crippen LogP contribution in [0.4, 0.5) is 0 Å². The molecule has 5 nitrogen and oxygen atoms in total. The van der Waals surface area contributed by atoms with E-state index in [0.717, 1.165) is 16.9 Å². The second-order valence-corrected chi connectivity index (χ2v) is 8.45. The maximum atomic E-state index is 12.1. The Hall–Kier alpha value is -1.73. The Bertz CT molecular complexity index is 834. The molecule has 27 heavy (non-hydrogen) atoms. The molecule has 0 saturated carbocycles. The first-order chi connectivity index (χ1) is 13.1. The van der Waals surface area contributed by atoms with Gasteiger partial charge in [-0.05, 0) is 30.7 Å². The Balaban J connectivity index is 1.60. The third kappa shape index (κ3) is 4.09. The molecule has 0 spiro atoms. The largest absolute Gasteiger partial charge is 0.489 e. The van der Waals surface area contributed by atoms with Crippen LogP contribution in [0.1, 0.15) is 23.3 Å². The minimum Gasteiger partial charge on any atom is -0.489 e. The zero-order valence-electron chi connectivity index (χ0n) is 14.9. The fourth-order valence-electron chi connectivity index (χ4n) is 3.70. The first-order valence-corrected chi connectivity index (χ1v) is 10.4. The van der Waals surface area contributed by atoms with Gasteiger partial charge in [0, 0.05) is 27.8 Å². The Kier molecular flexibility index (Phi) is 5.59. The van der Waals surface area contributed by atoms with Gasteiger partial charge in [-0.2, -0.15) is 0 Å². The van der Waals surface area contributed by atoms with Crippen molar-refractivity contribution in [2.24, 2.45) is 5.92 Å². The Morgan fingerprint density at radius 2 is 2.04 bits per heavy atom. The van der Waals surface area contributed by atoms with Crippen molar-refractivity contribution < 1.29 is 9.53 Å². The summed E-state index contributed by atoms with van der Waals surface area (Å²) in [5.74, 6) is 1.56. The average Bonchev–Trinajstić information content (AvgIpc) is 2.92. The Morgan fingerprint density at radius 3 is 2.89 bits per heavy atom. The van der Waals surface area contributed by atoms with Gasteiger partial charge in [0.05, 0.1) is 11.9 Å². The minimum atomic E-state index is -0.0894. The number of thioether (sulfide) groups is 1. The van der Waals surface area contributed by atoms with E-state index < -0.39 is 0 Å². The van der Waals surface area contributed by atoms with Crippen LogP contribution in [0.15, 0.2) is 48.5 Å². The summed E-state index contributed by atoms with van der Waals surface area (Å²) in [7, 11) is 0. The number of ether oxygens (including phenoxy) is 1. The van der Waals surface area contributed by atoms with Crippen LogP contribution in [-0.2, 0) is 11.4 Å². The van der Waals surface area contributed by atoms with Crippen LogP contribution < -0.4 is 20.9 Å². The van der Waals surface area contributed by atoms with Gasteiger partial charge < -0.3 is 10.1 Å². The molecule has 142 valence electrons. The van der Waals surface area contributed by atoms with E-state index in [1.807, 2.05) is 42.5 Å². The summed E-state index contributed by atoms with van der Waals surface area (Å²) in [6.45, 7) is 2.59. The van der Waals surface area contributed by atoms with E-state index in [9.17, 15) is 4.79 Å². The molecule has 7 heteroatoms. The topological polar surface area (TPSA) is 62.4 Å². The molecule has 0 bridgehead atoms. The number of carbonyl (C=O) groups is 1. The summed E-state index contributed by atoms with van der Waals surface area (Å²) in [6.07, 6.45) is -0.0894. The van der Waals surface area contributed by atoms with Crippen molar-refractivity contribution in [3.05, 3.63) is 64.7 Å². The third-order valence-corrected chi connectivity index (χ3v) is 6.59. The van der Waals surface area contributed by atoms with Gasteiger partial charge >= 0.3 is 0 Å². The van der Waals surface area contributed by atoms with E-state index in [-0.39, 0.29) is 29.3 Å². The van der Waals surface area contributed by atoms with Crippen molar-refractivity contribution in [3.8, 4) is 5.75 Å². The number of hydrazine groups is 1. The lowest BCUT2D eigenvalue weighted by Crippen LogP contribution is -2.46. The zero-order valence-corrected chi connectivity index (χ0v) is 16.5. The summed E-state index contributed by atoms with van der Waals surface area (Å²) >= 11 is 7.75. The molecular weight excluding hydrogens is 382 g/mol. The highest BCUT2D eigenvalue weighted by atomic mass is 35.5. The van der Waals surface area contributed by atoms with E-state index in [2.05, 4.69) is 29.2 Å². The van der Waals surface area contributed by atoms with Crippen LogP contribution in [0.2, 0.25) is 5.02 Å². The Morgan fingerprint density at radius 1 is 1.19 bits per heavy atom. The molecule has 2 aromatic rings. The SMILES string of the molecule is CC1NNC2NC(=O)CSC(c3ccccc3OCc3cccc(Cl)c3)C12. The van der Waals surface area contributed by atoms with Crippen LogP contribution in [0.25, 0.3) is 0 Å². The summed E-state index contributed by atoms with van der Waals surface area (Å²) < 4.78 is 6.16. The van der Waals surface area contributed by atoms with Crippen LogP contribution in [0.3, 0.4) is 0 Å². The number of carbonyl (C=O) groups excluding carboxylic acids is 1. The van der Waals surface area contributed by atoms with E-state index in [4.69, 9.17) is 16.3 Å². The fourth-order valence-corrected chi connectivity index (χ4v) is 5.31. The summed E-state index contributed by atoms with van der Waals surface area (Å²) in [6, 6.07) is 16.0. The molecule has 0 aliphatic carbocycles. The quantitative estimate of drug-likeness (QED) is 0.731. The van der Waals surface area contributed by atoms with Gasteiger partial charge in [0.2, 0.25) is 5.91 Å². The normalized spacial score (nSPS) is 27.6. The summed E-state index contributed by atoms with van der Waals surface area (Å²) in [5.41, 5.74) is 8.62. The van der Waals surface area contributed by atoms with Crippen molar-refractivity contribution in [1.29, 1.82) is 0 Å². The number of hydrogen-bond acceptors (Lipinski definition) is 5. The maximum absolute atomic E-state index is 12.1. The molecule has 0 radical (unpaired) electrons. The highest BCUT2D eigenvalue weighted by molar-refractivity contribution is 8.00. The molecule has 2 saturated heterocycles. The molecule has 4 rings (SSSR count). The first-order valence-electron chi connectivity index (χ1n) is 9.00. The lowest BCUT2D eigenvalue weighted by atomic mass is 9.91. The lowest BCUT2D eigenvalue weighted by Gasteiger charge is -2.28. The average molecular weight is 404 g/mol. The van der Waals surface area contributed by atoms with E-state index in [1.165, 1.54) is 0 Å². The molecule has 3 N–H and O–H groups in total. The predicted octanol–water partition coefficient (Wildman–Crippen LogP) is 3.26. The second-order valence-electron chi connectivity index (χ2n) is 6.89. The number of nitrogens with one attached hydrogen (secondary N) is 3. The molecule has 1 amide bonds. The number of fused-ring (bicyclic) bond motifs is 1. The van der Waals surface area contributed by atoms with Gasteiger partial charge in [0.15, 0.2) is 0 Å². The number of hydrogen-bond donors (Lipinski definition) is 3.